The fraction of sp³-hybridized carbons (Fsp3) is 0. The molecule has 13 heavy (non-hydrogen) atoms. The molecule has 1 aromatic heterocycles. The van der Waals surface area contributed by atoms with Crippen LogP contribution in [0.15, 0.2) is 12.3 Å². The maximum absolute atomic E-state index is 10.4. The molecule has 0 aliphatic carbocycles. The second-order valence-corrected chi connectivity index (χ2v) is 2.17. The van der Waals surface area contributed by atoms with E-state index in [9.17, 15) is 9.59 Å². The van der Waals surface area contributed by atoms with Crippen molar-refractivity contribution >= 4 is 11.9 Å². The van der Waals surface area contributed by atoms with Gasteiger partial charge in [-0.3, -0.25) is 0 Å². The van der Waals surface area contributed by atoms with E-state index in [-0.39, 0.29) is 0 Å². The van der Waals surface area contributed by atoms with Crippen molar-refractivity contribution in [1.29, 1.82) is 0 Å². The number of pyridine rings is 1. The van der Waals surface area contributed by atoms with E-state index in [1.807, 2.05) is 0 Å². The van der Waals surface area contributed by atoms with Crippen molar-refractivity contribution in [1.82, 2.24) is 4.98 Å². The van der Waals surface area contributed by atoms with Crippen molar-refractivity contribution < 1.29 is 24.9 Å². The van der Waals surface area contributed by atoms with Gasteiger partial charge in [-0.25, -0.2) is 14.6 Å². The number of carboxylic acids is 2. The minimum Gasteiger partial charge on any atom is -0.505 e. The molecule has 6 nitrogen and oxygen atoms in total. The van der Waals surface area contributed by atoms with Crippen LogP contribution in [0.5, 0.6) is 5.75 Å². The van der Waals surface area contributed by atoms with Crippen molar-refractivity contribution in [2.75, 3.05) is 0 Å². The van der Waals surface area contributed by atoms with Crippen LogP contribution >= 0.6 is 0 Å². The highest BCUT2D eigenvalue weighted by molar-refractivity contribution is 5.96. The quantitative estimate of drug-likeness (QED) is 0.603. The number of nitrogens with zero attached hydrogens (tertiary/aromatic N) is 1. The Morgan fingerprint density at radius 1 is 1.23 bits per heavy atom. The van der Waals surface area contributed by atoms with Gasteiger partial charge in [0.2, 0.25) is 0 Å². The van der Waals surface area contributed by atoms with E-state index < -0.39 is 28.9 Å². The number of hydrogen-bond acceptors (Lipinski definition) is 4. The summed E-state index contributed by atoms with van der Waals surface area (Å²) in [5, 5.41) is 26.1. The third kappa shape index (κ3) is 1.56. The van der Waals surface area contributed by atoms with Crippen LogP contribution in [-0.4, -0.2) is 32.2 Å². The van der Waals surface area contributed by atoms with E-state index in [0.29, 0.717) is 0 Å². The first-order chi connectivity index (χ1) is 6.04. The summed E-state index contributed by atoms with van der Waals surface area (Å²) >= 11 is 0. The summed E-state index contributed by atoms with van der Waals surface area (Å²) in [5.74, 6) is -3.70. The van der Waals surface area contributed by atoms with Crippen LogP contribution in [0.1, 0.15) is 20.8 Å². The summed E-state index contributed by atoms with van der Waals surface area (Å²) < 4.78 is 0. The number of carbonyl (C=O) groups is 2. The van der Waals surface area contributed by atoms with Gasteiger partial charge in [0, 0.05) is 6.20 Å². The molecule has 0 spiro atoms. The van der Waals surface area contributed by atoms with Gasteiger partial charge in [0.15, 0.2) is 11.4 Å². The Morgan fingerprint density at radius 2 is 1.85 bits per heavy atom. The molecule has 0 radical (unpaired) electrons. The average Bonchev–Trinajstić information content (AvgIpc) is 2.03. The third-order valence-corrected chi connectivity index (χ3v) is 1.36. The minimum atomic E-state index is -1.47. The largest absolute Gasteiger partial charge is 0.505 e. The molecule has 0 amide bonds. The molecule has 0 unspecified atom stereocenters. The van der Waals surface area contributed by atoms with Crippen molar-refractivity contribution in [2.24, 2.45) is 0 Å². The first kappa shape index (κ1) is 8.98. The SMILES string of the molecule is O=C(O)c1ccnc(C(=O)O)c1O. The lowest BCUT2D eigenvalue weighted by atomic mass is 10.2. The number of aromatic hydroxyl groups is 1. The standard InChI is InChI=1S/C7H5NO5/c9-5-3(6(10)11)1-2-8-4(5)7(12)13/h1-2,9H,(H,10,11)(H,12,13). The van der Waals surface area contributed by atoms with E-state index in [1.54, 1.807) is 0 Å². The van der Waals surface area contributed by atoms with Crippen LogP contribution in [0.4, 0.5) is 0 Å². The monoisotopic (exact) mass is 183 g/mol. The van der Waals surface area contributed by atoms with Crippen LogP contribution in [-0.2, 0) is 0 Å². The number of aromatic carboxylic acids is 2. The zero-order chi connectivity index (χ0) is 10.0. The van der Waals surface area contributed by atoms with Crippen molar-refractivity contribution in [3.05, 3.63) is 23.5 Å². The molecule has 0 atom stereocenters. The molecule has 0 aliphatic rings. The zero-order valence-electron chi connectivity index (χ0n) is 6.26. The molecular weight excluding hydrogens is 178 g/mol. The summed E-state index contributed by atoms with van der Waals surface area (Å²) in [6, 6.07) is 1.02. The molecule has 1 rings (SSSR count). The van der Waals surface area contributed by atoms with E-state index in [1.165, 1.54) is 0 Å². The normalized spacial score (nSPS) is 9.54. The third-order valence-electron chi connectivity index (χ3n) is 1.36. The Kier molecular flexibility index (Phi) is 2.14. The Morgan fingerprint density at radius 3 is 2.31 bits per heavy atom. The second kappa shape index (κ2) is 3.10. The summed E-state index contributed by atoms with van der Waals surface area (Å²) in [6.07, 6.45) is 1.01. The summed E-state index contributed by atoms with van der Waals surface area (Å²) in [4.78, 5) is 24.1. The first-order valence-electron chi connectivity index (χ1n) is 3.18. The van der Waals surface area contributed by atoms with Gasteiger partial charge >= 0.3 is 11.9 Å². The summed E-state index contributed by atoms with van der Waals surface area (Å²) in [7, 11) is 0. The lowest BCUT2D eigenvalue weighted by Crippen LogP contribution is -2.05. The molecule has 1 aromatic rings. The molecule has 0 bridgehead atoms. The zero-order valence-corrected chi connectivity index (χ0v) is 6.26. The van der Waals surface area contributed by atoms with Crippen LogP contribution in [0.3, 0.4) is 0 Å². The average molecular weight is 183 g/mol. The van der Waals surface area contributed by atoms with Crippen LogP contribution in [0.25, 0.3) is 0 Å². The van der Waals surface area contributed by atoms with E-state index in [4.69, 9.17) is 15.3 Å². The van der Waals surface area contributed by atoms with Crippen molar-refractivity contribution in [2.45, 2.75) is 0 Å². The molecule has 68 valence electrons. The van der Waals surface area contributed by atoms with Crippen molar-refractivity contribution in [3.63, 3.8) is 0 Å². The molecule has 0 aliphatic heterocycles. The first-order valence-corrected chi connectivity index (χ1v) is 3.18. The number of aromatic nitrogens is 1. The highest BCUT2D eigenvalue weighted by atomic mass is 16.4. The highest BCUT2D eigenvalue weighted by Crippen LogP contribution is 2.19. The van der Waals surface area contributed by atoms with Gasteiger partial charge in [-0.05, 0) is 6.07 Å². The van der Waals surface area contributed by atoms with E-state index >= 15 is 0 Å². The Balaban J connectivity index is 3.35. The van der Waals surface area contributed by atoms with Gasteiger partial charge in [0.25, 0.3) is 0 Å². The van der Waals surface area contributed by atoms with Crippen molar-refractivity contribution in [3.8, 4) is 5.75 Å². The maximum Gasteiger partial charge on any atom is 0.358 e. The van der Waals surface area contributed by atoms with Gasteiger partial charge in [-0.15, -0.1) is 0 Å². The number of carboxylic acid groups (broad SMARTS) is 2. The van der Waals surface area contributed by atoms with Gasteiger partial charge < -0.3 is 15.3 Å². The fourth-order valence-corrected chi connectivity index (χ4v) is 0.783. The maximum atomic E-state index is 10.4. The van der Waals surface area contributed by atoms with Gasteiger partial charge in [0.1, 0.15) is 5.56 Å². The molecule has 1 heterocycles. The lowest BCUT2D eigenvalue weighted by Gasteiger charge is -2.00. The molecule has 0 aromatic carbocycles. The smallest absolute Gasteiger partial charge is 0.358 e. The van der Waals surface area contributed by atoms with Crippen LogP contribution < -0.4 is 0 Å². The van der Waals surface area contributed by atoms with Gasteiger partial charge in [0.05, 0.1) is 0 Å². The topological polar surface area (TPSA) is 108 Å². The summed E-state index contributed by atoms with van der Waals surface area (Å²) in [5.41, 5.74) is -1.15. The Hall–Kier alpha value is -2.11. The summed E-state index contributed by atoms with van der Waals surface area (Å²) in [6.45, 7) is 0. The van der Waals surface area contributed by atoms with Gasteiger partial charge in [-0.1, -0.05) is 0 Å². The predicted molar refractivity (Wildman–Crippen MR) is 39.8 cm³/mol. The lowest BCUT2D eigenvalue weighted by molar-refractivity contribution is 0.0685. The van der Waals surface area contributed by atoms with Gasteiger partial charge in [-0.2, -0.15) is 0 Å². The Bertz CT molecular complexity index is 341. The van der Waals surface area contributed by atoms with E-state index in [0.717, 1.165) is 12.3 Å². The predicted octanol–water partition coefficient (Wildman–Crippen LogP) is 0.184. The number of rotatable bonds is 2. The number of hydrogen-bond donors (Lipinski definition) is 3. The molecular formula is C7H5NO5. The molecule has 6 heteroatoms. The Labute approximate surface area is 72.1 Å². The van der Waals surface area contributed by atoms with Crippen LogP contribution in [0.2, 0.25) is 0 Å². The molecule has 0 saturated heterocycles. The van der Waals surface area contributed by atoms with E-state index in [2.05, 4.69) is 4.98 Å². The molecule has 0 saturated carbocycles. The minimum absolute atomic E-state index is 0.479. The van der Waals surface area contributed by atoms with Crippen LogP contribution in [0, 0.1) is 0 Å². The molecule has 3 N–H and O–H groups in total. The second-order valence-electron chi connectivity index (χ2n) is 2.17. The highest BCUT2D eigenvalue weighted by Gasteiger charge is 2.18. The molecule has 0 fully saturated rings. The fourth-order valence-electron chi connectivity index (χ4n) is 0.783.